The van der Waals surface area contributed by atoms with Gasteiger partial charge in [0, 0.05) is 20.1 Å². The summed E-state index contributed by atoms with van der Waals surface area (Å²) in [5.41, 5.74) is -0.229. The molecule has 2 rings (SSSR count). The molecule has 0 unspecified atom stereocenters. The molecule has 8 heteroatoms. The van der Waals surface area contributed by atoms with E-state index in [1.54, 1.807) is 7.05 Å². The van der Waals surface area contributed by atoms with Gasteiger partial charge in [-0.05, 0) is 24.0 Å². The molecule has 1 amide bonds. The van der Waals surface area contributed by atoms with E-state index >= 15 is 0 Å². The average molecular weight is 342 g/mol. The predicted octanol–water partition coefficient (Wildman–Crippen LogP) is 2.35. The Morgan fingerprint density at radius 3 is 2.58 bits per heavy atom. The van der Waals surface area contributed by atoms with Gasteiger partial charge in [0.15, 0.2) is 23.4 Å². The molecule has 1 aliphatic heterocycles. The summed E-state index contributed by atoms with van der Waals surface area (Å²) in [6, 6.07) is 1.73. The van der Waals surface area contributed by atoms with Crippen molar-refractivity contribution in [3.8, 4) is 0 Å². The van der Waals surface area contributed by atoms with E-state index in [4.69, 9.17) is 0 Å². The van der Waals surface area contributed by atoms with Crippen molar-refractivity contribution in [2.45, 2.75) is 20.3 Å². The number of anilines is 1. The monoisotopic (exact) mass is 342 g/mol. The van der Waals surface area contributed by atoms with Crippen molar-refractivity contribution in [3.05, 3.63) is 29.6 Å². The highest BCUT2D eigenvalue weighted by Crippen LogP contribution is 2.28. The van der Waals surface area contributed by atoms with Gasteiger partial charge in [0.1, 0.15) is 0 Å². The first-order valence-electron chi connectivity index (χ1n) is 7.62. The summed E-state index contributed by atoms with van der Waals surface area (Å²) in [4.78, 5) is 18.1. The Morgan fingerprint density at radius 2 is 2.00 bits per heavy atom. The zero-order valence-corrected chi connectivity index (χ0v) is 13.9. The second-order valence-electron chi connectivity index (χ2n) is 6.51. The number of hydrogen-bond acceptors (Lipinski definition) is 2. The maximum absolute atomic E-state index is 13.5. The topological polar surface area (TPSA) is 56.7 Å². The molecule has 1 aliphatic rings. The van der Waals surface area contributed by atoms with Crippen LogP contribution in [0.4, 0.5) is 18.9 Å². The van der Waals surface area contributed by atoms with Crippen molar-refractivity contribution in [2.75, 3.05) is 32.0 Å². The van der Waals surface area contributed by atoms with Gasteiger partial charge in [-0.1, -0.05) is 13.8 Å². The Balaban J connectivity index is 1.92. The summed E-state index contributed by atoms with van der Waals surface area (Å²) in [7, 11) is 1.61. The fourth-order valence-corrected chi connectivity index (χ4v) is 2.60. The van der Waals surface area contributed by atoms with E-state index in [1.165, 1.54) is 0 Å². The van der Waals surface area contributed by atoms with Gasteiger partial charge in [0.05, 0.1) is 12.2 Å². The molecule has 0 aliphatic carbocycles. The number of benzene rings is 1. The van der Waals surface area contributed by atoms with E-state index in [0.717, 1.165) is 31.6 Å². The number of carbonyl (C=O) groups is 1. The van der Waals surface area contributed by atoms with E-state index < -0.39 is 29.0 Å². The lowest BCUT2D eigenvalue weighted by atomic mass is 9.93. The van der Waals surface area contributed by atoms with E-state index in [-0.39, 0.29) is 12.0 Å². The molecule has 1 fully saturated rings. The van der Waals surface area contributed by atoms with Crippen molar-refractivity contribution in [2.24, 2.45) is 10.4 Å². The molecule has 1 aromatic carbocycles. The summed E-state index contributed by atoms with van der Waals surface area (Å²) >= 11 is 0. The molecule has 0 atom stereocenters. The molecule has 0 saturated carbocycles. The molecule has 0 radical (unpaired) electrons. The summed E-state index contributed by atoms with van der Waals surface area (Å²) < 4.78 is 39.6. The number of halogens is 3. The summed E-state index contributed by atoms with van der Waals surface area (Å²) in [5, 5.41) is 5.10. The van der Waals surface area contributed by atoms with Gasteiger partial charge in [-0.25, -0.2) is 13.2 Å². The quantitative estimate of drug-likeness (QED) is 0.504. The first-order valence-corrected chi connectivity index (χ1v) is 7.62. The lowest BCUT2D eigenvalue weighted by Crippen LogP contribution is -2.43. The first kappa shape index (κ1) is 18.1. The predicted molar refractivity (Wildman–Crippen MR) is 86.3 cm³/mol. The second-order valence-corrected chi connectivity index (χ2v) is 6.51. The van der Waals surface area contributed by atoms with Gasteiger partial charge in [-0.15, -0.1) is 0 Å². The van der Waals surface area contributed by atoms with Crippen LogP contribution < -0.4 is 10.6 Å². The minimum Gasteiger partial charge on any atom is -0.347 e. The van der Waals surface area contributed by atoms with Crippen LogP contribution in [0.15, 0.2) is 17.1 Å². The SMILES string of the molecule is CN=C(NCC(=O)Nc1ccc(F)c(F)c1F)N1CCC(C)(C)C1. The lowest BCUT2D eigenvalue weighted by molar-refractivity contribution is -0.115. The Kier molecular flexibility index (Phi) is 5.36. The highest BCUT2D eigenvalue weighted by molar-refractivity contribution is 5.95. The van der Waals surface area contributed by atoms with Gasteiger partial charge in [-0.2, -0.15) is 0 Å². The van der Waals surface area contributed by atoms with Crippen molar-refractivity contribution >= 4 is 17.6 Å². The Morgan fingerprint density at radius 1 is 1.29 bits per heavy atom. The number of likely N-dealkylation sites (tertiary alicyclic amines) is 1. The van der Waals surface area contributed by atoms with Crippen molar-refractivity contribution < 1.29 is 18.0 Å². The molecule has 1 saturated heterocycles. The van der Waals surface area contributed by atoms with Crippen LogP contribution in [-0.2, 0) is 4.79 Å². The van der Waals surface area contributed by atoms with E-state index in [1.807, 2.05) is 4.90 Å². The molecule has 132 valence electrons. The Bertz CT molecular complexity index is 661. The summed E-state index contributed by atoms with van der Waals surface area (Å²) in [6.45, 7) is 5.78. The highest BCUT2D eigenvalue weighted by atomic mass is 19.2. The van der Waals surface area contributed by atoms with Crippen LogP contribution in [0.2, 0.25) is 0 Å². The van der Waals surface area contributed by atoms with Gasteiger partial charge >= 0.3 is 0 Å². The number of rotatable bonds is 3. The van der Waals surface area contributed by atoms with Gasteiger partial charge in [0.25, 0.3) is 0 Å². The third-order valence-corrected chi connectivity index (χ3v) is 3.91. The first-order chi connectivity index (χ1) is 11.2. The number of nitrogens with one attached hydrogen (secondary N) is 2. The third-order valence-electron chi connectivity index (χ3n) is 3.91. The fourth-order valence-electron chi connectivity index (χ4n) is 2.60. The standard InChI is InChI=1S/C16H21F3N4O/c1-16(2)6-7-23(9-16)15(20-3)21-8-12(24)22-11-5-4-10(17)13(18)14(11)19/h4-5H,6-9H2,1-3H3,(H,20,21)(H,22,24). The van der Waals surface area contributed by atoms with Gasteiger partial charge < -0.3 is 15.5 Å². The third kappa shape index (κ3) is 4.18. The Labute approximate surface area is 138 Å². The zero-order valence-electron chi connectivity index (χ0n) is 13.9. The highest BCUT2D eigenvalue weighted by Gasteiger charge is 2.31. The maximum atomic E-state index is 13.5. The lowest BCUT2D eigenvalue weighted by Gasteiger charge is -2.23. The van der Waals surface area contributed by atoms with Gasteiger partial charge in [0.2, 0.25) is 5.91 Å². The molecule has 0 spiro atoms. The van der Waals surface area contributed by atoms with Crippen LogP contribution in [0.25, 0.3) is 0 Å². The molecule has 1 heterocycles. The van der Waals surface area contributed by atoms with Crippen molar-refractivity contribution in [1.82, 2.24) is 10.2 Å². The van der Waals surface area contributed by atoms with E-state index in [9.17, 15) is 18.0 Å². The van der Waals surface area contributed by atoms with Crippen LogP contribution in [-0.4, -0.2) is 43.4 Å². The normalized spacial score (nSPS) is 17.1. The minimum absolute atomic E-state index is 0.165. The number of hydrogen-bond donors (Lipinski definition) is 2. The average Bonchev–Trinajstić information content (AvgIpc) is 2.88. The smallest absolute Gasteiger partial charge is 0.243 e. The van der Waals surface area contributed by atoms with Crippen LogP contribution in [0.3, 0.4) is 0 Å². The molecule has 1 aromatic rings. The van der Waals surface area contributed by atoms with E-state index in [2.05, 4.69) is 29.5 Å². The number of amides is 1. The van der Waals surface area contributed by atoms with Crippen LogP contribution >= 0.6 is 0 Å². The van der Waals surface area contributed by atoms with E-state index in [0.29, 0.717) is 5.96 Å². The fraction of sp³-hybridized carbons (Fsp3) is 0.500. The van der Waals surface area contributed by atoms with Crippen LogP contribution in [0, 0.1) is 22.9 Å². The van der Waals surface area contributed by atoms with Gasteiger partial charge in [-0.3, -0.25) is 9.79 Å². The number of carbonyl (C=O) groups excluding carboxylic acids is 1. The molecular weight excluding hydrogens is 321 g/mol. The van der Waals surface area contributed by atoms with Crippen molar-refractivity contribution in [3.63, 3.8) is 0 Å². The summed E-state index contributed by atoms with van der Waals surface area (Å²) in [5.74, 6) is -4.36. The number of aliphatic imine (C=N–C) groups is 1. The van der Waals surface area contributed by atoms with Crippen molar-refractivity contribution in [1.29, 1.82) is 0 Å². The molecule has 5 nitrogen and oxygen atoms in total. The second kappa shape index (κ2) is 7.11. The maximum Gasteiger partial charge on any atom is 0.243 e. The van der Waals surface area contributed by atoms with Crippen LogP contribution in [0.5, 0.6) is 0 Å². The molecule has 24 heavy (non-hydrogen) atoms. The zero-order chi connectivity index (χ0) is 17.9. The van der Waals surface area contributed by atoms with Crippen LogP contribution in [0.1, 0.15) is 20.3 Å². The molecule has 0 bridgehead atoms. The largest absolute Gasteiger partial charge is 0.347 e. The Hall–Kier alpha value is -2.25. The summed E-state index contributed by atoms with van der Waals surface area (Å²) in [6.07, 6.45) is 1.01. The number of guanidine groups is 1. The molecule has 0 aromatic heterocycles. The minimum atomic E-state index is -1.61. The number of nitrogens with zero attached hydrogens (tertiary/aromatic N) is 2. The molecule has 2 N–H and O–H groups in total. The molecular formula is C16H21F3N4O.